The van der Waals surface area contributed by atoms with Gasteiger partial charge in [-0.05, 0) is 23.5 Å². The van der Waals surface area contributed by atoms with E-state index in [2.05, 4.69) is 13.8 Å². The molecule has 0 aliphatic rings. The van der Waals surface area contributed by atoms with Crippen molar-refractivity contribution >= 4 is 11.7 Å². The van der Waals surface area contributed by atoms with Gasteiger partial charge in [-0.1, -0.05) is 26.8 Å². The number of benzene rings is 1. The number of methoxy groups -OCH3 is 1. The van der Waals surface area contributed by atoms with Gasteiger partial charge < -0.3 is 15.6 Å². The number of nitrogen functional groups attached to an aromatic ring is 1. The van der Waals surface area contributed by atoms with Gasteiger partial charge in [-0.15, -0.1) is 0 Å². The molecule has 1 unspecified atom stereocenters. The summed E-state index contributed by atoms with van der Waals surface area (Å²) in [5.41, 5.74) is 6.85. The number of ether oxygens (including phenoxy) is 1. The van der Waals surface area contributed by atoms with Gasteiger partial charge in [0.15, 0.2) is 0 Å². The van der Waals surface area contributed by atoms with E-state index in [0.717, 1.165) is 5.56 Å². The molecular formula is C13H19NO3. The average molecular weight is 237 g/mol. The molecule has 94 valence electrons. The van der Waals surface area contributed by atoms with Gasteiger partial charge in [-0.25, -0.2) is 4.79 Å². The molecule has 0 saturated heterocycles. The molecule has 4 heteroatoms. The lowest BCUT2D eigenvalue weighted by Gasteiger charge is -2.21. The first-order valence-corrected chi connectivity index (χ1v) is 5.59. The number of aromatic carboxylic acids is 1. The minimum atomic E-state index is -1.06. The number of anilines is 1. The smallest absolute Gasteiger partial charge is 0.341 e. The highest BCUT2D eigenvalue weighted by Gasteiger charge is 2.22. The van der Waals surface area contributed by atoms with Crippen molar-refractivity contribution in [3.8, 4) is 5.75 Å². The molecule has 1 rings (SSSR count). The summed E-state index contributed by atoms with van der Waals surface area (Å²) in [7, 11) is 1.47. The van der Waals surface area contributed by atoms with Gasteiger partial charge in [-0.2, -0.15) is 0 Å². The summed E-state index contributed by atoms with van der Waals surface area (Å²) < 4.78 is 5.23. The summed E-state index contributed by atoms with van der Waals surface area (Å²) in [5.74, 6) is -0.0753. The van der Waals surface area contributed by atoms with Crippen LogP contribution in [0, 0.1) is 5.92 Å². The molecule has 0 aromatic heterocycles. The van der Waals surface area contributed by atoms with Crippen LogP contribution in [0.2, 0.25) is 0 Å². The lowest BCUT2D eigenvalue weighted by molar-refractivity contribution is 0.0694. The molecule has 0 aliphatic carbocycles. The summed E-state index contributed by atoms with van der Waals surface area (Å²) >= 11 is 0. The average Bonchev–Trinajstić information content (AvgIpc) is 2.26. The molecule has 0 bridgehead atoms. The van der Waals surface area contributed by atoms with Crippen LogP contribution in [0.1, 0.15) is 42.6 Å². The van der Waals surface area contributed by atoms with E-state index >= 15 is 0 Å². The molecule has 17 heavy (non-hydrogen) atoms. The second-order valence-corrected chi connectivity index (χ2v) is 4.49. The zero-order chi connectivity index (χ0) is 13.2. The Kier molecular flexibility index (Phi) is 3.99. The SMILES string of the molecule is COc1c(C(C)C(C)C)ccc(N)c1C(=O)O. The monoisotopic (exact) mass is 237 g/mol. The first-order chi connectivity index (χ1) is 7.90. The number of rotatable bonds is 4. The summed E-state index contributed by atoms with van der Waals surface area (Å²) in [5, 5.41) is 9.16. The highest BCUT2D eigenvalue weighted by Crippen LogP contribution is 2.36. The molecule has 0 amide bonds. The van der Waals surface area contributed by atoms with E-state index in [1.165, 1.54) is 7.11 Å². The van der Waals surface area contributed by atoms with Gasteiger partial charge in [-0.3, -0.25) is 0 Å². The normalized spacial score (nSPS) is 12.5. The van der Waals surface area contributed by atoms with E-state index in [9.17, 15) is 4.79 Å². The van der Waals surface area contributed by atoms with E-state index in [1.807, 2.05) is 13.0 Å². The number of hydrogen-bond acceptors (Lipinski definition) is 3. The van der Waals surface area contributed by atoms with Crippen LogP contribution >= 0.6 is 0 Å². The van der Waals surface area contributed by atoms with Gasteiger partial charge in [0, 0.05) is 5.69 Å². The van der Waals surface area contributed by atoms with Crippen molar-refractivity contribution in [3.63, 3.8) is 0 Å². The second kappa shape index (κ2) is 5.08. The van der Waals surface area contributed by atoms with Crippen LogP contribution in [-0.2, 0) is 0 Å². The van der Waals surface area contributed by atoms with E-state index < -0.39 is 5.97 Å². The molecule has 3 N–H and O–H groups in total. The number of nitrogens with two attached hydrogens (primary N) is 1. The fourth-order valence-electron chi connectivity index (χ4n) is 1.77. The Balaban J connectivity index is 3.43. The molecule has 0 radical (unpaired) electrons. The van der Waals surface area contributed by atoms with Crippen molar-refractivity contribution in [2.24, 2.45) is 5.92 Å². The van der Waals surface area contributed by atoms with Crippen LogP contribution in [0.4, 0.5) is 5.69 Å². The number of hydrogen-bond donors (Lipinski definition) is 2. The van der Waals surface area contributed by atoms with Gasteiger partial charge in [0.25, 0.3) is 0 Å². The quantitative estimate of drug-likeness (QED) is 0.790. The lowest BCUT2D eigenvalue weighted by atomic mass is 9.88. The zero-order valence-electron chi connectivity index (χ0n) is 10.7. The Hall–Kier alpha value is -1.71. The highest BCUT2D eigenvalue weighted by atomic mass is 16.5. The molecule has 1 aromatic carbocycles. The minimum Gasteiger partial charge on any atom is -0.495 e. The third kappa shape index (κ3) is 2.52. The summed E-state index contributed by atoms with van der Waals surface area (Å²) in [4.78, 5) is 11.2. The lowest BCUT2D eigenvalue weighted by Crippen LogP contribution is -2.11. The first kappa shape index (κ1) is 13.4. The summed E-state index contributed by atoms with van der Waals surface area (Å²) in [6.45, 7) is 6.21. The predicted molar refractivity (Wildman–Crippen MR) is 67.6 cm³/mol. The Bertz CT molecular complexity index is 427. The van der Waals surface area contributed by atoms with Crippen LogP contribution in [-0.4, -0.2) is 18.2 Å². The molecular weight excluding hydrogens is 218 g/mol. The van der Waals surface area contributed by atoms with Gasteiger partial charge >= 0.3 is 5.97 Å². The summed E-state index contributed by atoms with van der Waals surface area (Å²) in [6, 6.07) is 3.46. The van der Waals surface area contributed by atoms with Crippen molar-refractivity contribution in [2.45, 2.75) is 26.7 Å². The van der Waals surface area contributed by atoms with Crippen LogP contribution < -0.4 is 10.5 Å². The van der Waals surface area contributed by atoms with Crippen molar-refractivity contribution in [1.29, 1.82) is 0 Å². The van der Waals surface area contributed by atoms with E-state index in [1.54, 1.807) is 6.07 Å². The molecule has 1 aromatic rings. The molecule has 0 aliphatic heterocycles. The summed E-state index contributed by atoms with van der Waals surface area (Å²) in [6.07, 6.45) is 0. The first-order valence-electron chi connectivity index (χ1n) is 5.59. The molecule has 0 spiro atoms. The van der Waals surface area contributed by atoms with Crippen LogP contribution in [0.5, 0.6) is 5.75 Å². The van der Waals surface area contributed by atoms with Crippen molar-refractivity contribution < 1.29 is 14.6 Å². The highest BCUT2D eigenvalue weighted by molar-refractivity contribution is 5.97. The standard InChI is InChI=1S/C13H19NO3/c1-7(2)8(3)9-5-6-10(14)11(13(15)16)12(9)17-4/h5-8H,14H2,1-4H3,(H,15,16). The maximum atomic E-state index is 11.2. The predicted octanol–water partition coefficient (Wildman–Crippen LogP) is 2.74. The van der Waals surface area contributed by atoms with Crippen molar-refractivity contribution in [2.75, 3.05) is 12.8 Å². The Morgan fingerprint density at radius 2 is 1.94 bits per heavy atom. The minimum absolute atomic E-state index is 0.0532. The van der Waals surface area contributed by atoms with Crippen molar-refractivity contribution in [3.05, 3.63) is 23.3 Å². The Morgan fingerprint density at radius 3 is 2.35 bits per heavy atom. The van der Waals surface area contributed by atoms with E-state index in [0.29, 0.717) is 11.7 Å². The number of carboxylic acids is 1. The third-order valence-corrected chi connectivity index (χ3v) is 3.13. The molecule has 0 fully saturated rings. The second-order valence-electron chi connectivity index (χ2n) is 4.49. The fraction of sp³-hybridized carbons (Fsp3) is 0.462. The van der Waals surface area contributed by atoms with Gasteiger partial charge in [0.1, 0.15) is 11.3 Å². The Labute approximate surface area is 101 Å². The molecule has 0 saturated carbocycles. The van der Waals surface area contributed by atoms with Crippen LogP contribution in [0.15, 0.2) is 12.1 Å². The molecule has 0 heterocycles. The van der Waals surface area contributed by atoms with Gasteiger partial charge in [0.2, 0.25) is 0 Å². The van der Waals surface area contributed by atoms with E-state index in [-0.39, 0.29) is 17.2 Å². The van der Waals surface area contributed by atoms with Crippen molar-refractivity contribution in [1.82, 2.24) is 0 Å². The van der Waals surface area contributed by atoms with Crippen LogP contribution in [0.3, 0.4) is 0 Å². The molecule has 1 atom stereocenters. The maximum Gasteiger partial charge on any atom is 0.341 e. The number of carbonyl (C=O) groups is 1. The fourth-order valence-corrected chi connectivity index (χ4v) is 1.77. The number of carboxylic acid groups (broad SMARTS) is 1. The third-order valence-electron chi connectivity index (χ3n) is 3.13. The van der Waals surface area contributed by atoms with Crippen LogP contribution in [0.25, 0.3) is 0 Å². The largest absolute Gasteiger partial charge is 0.495 e. The Morgan fingerprint density at radius 1 is 1.35 bits per heavy atom. The zero-order valence-corrected chi connectivity index (χ0v) is 10.7. The molecule has 4 nitrogen and oxygen atoms in total. The maximum absolute atomic E-state index is 11.2. The topological polar surface area (TPSA) is 72.5 Å². The van der Waals surface area contributed by atoms with Gasteiger partial charge in [0.05, 0.1) is 7.11 Å². The van der Waals surface area contributed by atoms with E-state index in [4.69, 9.17) is 15.6 Å².